The van der Waals surface area contributed by atoms with Gasteiger partial charge in [-0.2, -0.15) is 0 Å². The van der Waals surface area contributed by atoms with Crippen LogP contribution in [-0.2, 0) is 0 Å². The van der Waals surface area contributed by atoms with E-state index in [-0.39, 0.29) is 0 Å². The van der Waals surface area contributed by atoms with E-state index in [1.165, 1.54) is 0 Å². The van der Waals surface area contributed by atoms with E-state index in [4.69, 9.17) is 0 Å². The van der Waals surface area contributed by atoms with Gasteiger partial charge in [0, 0.05) is 17.3 Å². The number of allylic oxidation sites excluding steroid dienone is 1. The van der Waals surface area contributed by atoms with Gasteiger partial charge in [-0.3, -0.25) is 4.99 Å². The Balaban J connectivity index is 2.47. The molecule has 0 unspecified atom stereocenters. The summed E-state index contributed by atoms with van der Waals surface area (Å²) >= 11 is 0. The molecule has 0 radical (unpaired) electrons. The molecule has 2 aromatic carbocycles. The highest BCUT2D eigenvalue weighted by atomic mass is 14.7. The third-order valence-electron chi connectivity index (χ3n) is 2.45. The Morgan fingerprint density at radius 3 is 1.71 bits per heavy atom. The van der Waals surface area contributed by atoms with E-state index in [2.05, 4.69) is 29.3 Å². The van der Waals surface area contributed by atoms with Crippen molar-refractivity contribution in [2.24, 2.45) is 4.99 Å². The van der Waals surface area contributed by atoms with Gasteiger partial charge in [0.1, 0.15) is 0 Å². The second-order valence-corrected chi connectivity index (χ2v) is 3.69. The molecule has 0 heterocycles. The highest BCUT2D eigenvalue weighted by Crippen LogP contribution is 2.11. The molecule has 1 nitrogen and oxygen atoms in total. The maximum atomic E-state index is 4.52. The zero-order valence-electron chi connectivity index (χ0n) is 9.88. The summed E-state index contributed by atoms with van der Waals surface area (Å²) in [5, 5.41) is 0. The Labute approximate surface area is 102 Å². The number of benzene rings is 2. The van der Waals surface area contributed by atoms with Crippen LogP contribution in [0.5, 0.6) is 0 Å². The van der Waals surface area contributed by atoms with Crippen molar-refractivity contribution in [3.05, 3.63) is 84.1 Å². The van der Waals surface area contributed by atoms with Crippen molar-refractivity contribution in [3.63, 3.8) is 0 Å². The van der Waals surface area contributed by atoms with Gasteiger partial charge in [0.05, 0.1) is 5.71 Å². The number of hydrogen-bond acceptors (Lipinski definition) is 1. The number of nitrogens with zero attached hydrogens (tertiary/aromatic N) is 1. The summed E-state index contributed by atoms with van der Waals surface area (Å²) in [7, 11) is 0. The molecule has 0 bridgehead atoms. The summed E-state index contributed by atoms with van der Waals surface area (Å²) in [6.45, 7) is 1.97. The van der Waals surface area contributed by atoms with Crippen LogP contribution in [0.2, 0.25) is 0 Å². The number of aliphatic imine (C=N–C) groups is 1. The predicted octanol–water partition coefficient (Wildman–Crippen LogP) is 4.06. The minimum atomic E-state index is 1.00. The molecule has 0 aliphatic heterocycles. The topological polar surface area (TPSA) is 12.4 Å². The molecule has 0 fully saturated rings. The molecule has 0 saturated heterocycles. The average Bonchev–Trinajstić information content (AvgIpc) is 2.42. The van der Waals surface area contributed by atoms with E-state index < -0.39 is 0 Å². The van der Waals surface area contributed by atoms with Crippen LogP contribution in [0.15, 0.2) is 77.9 Å². The first kappa shape index (κ1) is 11.3. The molecule has 0 aliphatic carbocycles. The lowest BCUT2D eigenvalue weighted by atomic mass is 10.0. The van der Waals surface area contributed by atoms with Gasteiger partial charge >= 0.3 is 0 Å². The highest BCUT2D eigenvalue weighted by molar-refractivity contribution is 6.13. The van der Waals surface area contributed by atoms with E-state index in [0.717, 1.165) is 16.8 Å². The molecular weight excluding hydrogens is 206 g/mol. The second kappa shape index (κ2) is 5.80. The smallest absolute Gasteiger partial charge is 0.0774 e. The lowest BCUT2D eigenvalue weighted by Gasteiger charge is -2.05. The number of hydrogen-bond donors (Lipinski definition) is 0. The van der Waals surface area contributed by atoms with Gasteiger partial charge in [-0.1, -0.05) is 66.7 Å². The van der Waals surface area contributed by atoms with Crippen molar-refractivity contribution in [3.8, 4) is 0 Å². The molecule has 0 aliphatic rings. The lowest BCUT2D eigenvalue weighted by Crippen LogP contribution is -2.02. The molecule has 0 amide bonds. The van der Waals surface area contributed by atoms with Crippen molar-refractivity contribution in [1.82, 2.24) is 0 Å². The second-order valence-electron chi connectivity index (χ2n) is 3.69. The fourth-order valence-corrected chi connectivity index (χ4v) is 1.66. The molecule has 2 aromatic rings. The Morgan fingerprint density at radius 1 is 0.824 bits per heavy atom. The third-order valence-corrected chi connectivity index (χ3v) is 2.45. The van der Waals surface area contributed by atoms with Gasteiger partial charge in [0.15, 0.2) is 0 Å². The van der Waals surface area contributed by atoms with Crippen LogP contribution in [0.3, 0.4) is 0 Å². The first-order valence-electron chi connectivity index (χ1n) is 5.71. The van der Waals surface area contributed by atoms with Crippen molar-refractivity contribution in [2.45, 2.75) is 6.92 Å². The normalized spacial score (nSPS) is 10.4. The van der Waals surface area contributed by atoms with Crippen molar-refractivity contribution < 1.29 is 0 Å². The molecule has 0 N–H and O–H groups in total. The standard InChI is InChI=1S/C16H15N/c1-2-13-17-16(14-9-5-3-6-10-14)15-11-7-4-8-12-15/h2-13H,1H3/b13-2-. The summed E-state index contributed by atoms with van der Waals surface area (Å²) in [5.41, 5.74) is 3.28. The van der Waals surface area contributed by atoms with Crippen LogP contribution in [0, 0.1) is 0 Å². The van der Waals surface area contributed by atoms with Gasteiger partial charge < -0.3 is 0 Å². The SMILES string of the molecule is C/C=C\N=C(c1ccccc1)c1ccccc1. The summed E-state index contributed by atoms with van der Waals surface area (Å²) in [4.78, 5) is 4.52. The van der Waals surface area contributed by atoms with Crippen molar-refractivity contribution in [2.75, 3.05) is 0 Å². The Kier molecular flexibility index (Phi) is 3.87. The monoisotopic (exact) mass is 221 g/mol. The predicted molar refractivity (Wildman–Crippen MR) is 73.3 cm³/mol. The molecule has 84 valence electrons. The molecule has 0 atom stereocenters. The van der Waals surface area contributed by atoms with Gasteiger partial charge in [0.2, 0.25) is 0 Å². The van der Waals surface area contributed by atoms with Crippen molar-refractivity contribution in [1.29, 1.82) is 0 Å². The Morgan fingerprint density at radius 2 is 1.29 bits per heavy atom. The average molecular weight is 221 g/mol. The van der Waals surface area contributed by atoms with Gasteiger partial charge in [0.25, 0.3) is 0 Å². The summed E-state index contributed by atoms with van der Waals surface area (Å²) in [5.74, 6) is 0. The van der Waals surface area contributed by atoms with E-state index in [9.17, 15) is 0 Å². The largest absolute Gasteiger partial charge is 0.256 e. The summed E-state index contributed by atoms with van der Waals surface area (Å²) in [6.07, 6.45) is 3.77. The van der Waals surface area contributed by atoms with Crippen LogP contribution < -0.4 is 0 Å². The maximum absolute atomic E-state index is 4.52. The summed E-state index contributed by atoms with van der Waals surface area (Å²) in [6, 6.07) is 20.5. The van der Waals surface area contributed by atoms with Gasteiger partial charge in [-0.25, -0.2) is 0 Å². The minimum absolute atomic E-state index is 1.00. The van der Waals surface area contributed by atoms with E-state index in [1.54, 1.807) is 0 Å². The van der Waals surface area contributed by atoms with Crippen LogP contribution in [0.25, 0.3) is 0 Å². The lowest BCUT2D eigenvalue weighted by molar-refractivity contribution is 1.47. The van der Waals surface area contributed by atoms with Gasteiger partial charge in [-0.15, -0.1) is 0 Å². The number of rotatable bonds is 3. The zero-order valence-corrected chi connectivity index (χ0v) is 9.88. The molecular formula is C16H15N. The molecule has 1 heteroatoms. The first-order valence-corrected chi connectivity index (χ1v) is 5.71. The van der Waals surface area contributed by atoms with E-state index >= 15 is 0 Å². The van der Waals surface area contributed by atoms with E-state index in [1.807, 2.05) is 55.6 Å². The summed E-state index contributed by atoms with van der Waals surface area (Å²) < 4.78 is 0. The van der Waals surface area contributed by atoms with Gasteiger partial charge in [-0.05, 0) is 6.92 Å². The molecule has 0 aromatic heterocycles. The Bertz CT molecular complexity index is 468. The maximum Gasteiger partial charge on any atom is 0.0774 e. The van der Waals surface area contributed by atoms with Crippen LogP contribution in [-0.4, -0.2) is 5.71 Å². The quantitative estimate of drug-likeness (QED) is 0.693. The fraction of sp³-hybridized carbons (Fsp3) is 0.0625. The van der Waals surface area contributed by atoms with E-state index in [0.29, 0.717) is 0 Å². The molecule has 17 heavy (non-hydrogen) atoms. The zero-order chi connectivity index (χ0) is 11.9. The fourth-order valence-electron chi connectivity index (χ4n) is 1.66. The van der Waals surface area contributed by atoms with Crippen LogP contribution >= 0.6 is 0 Å². The Hall–Kier alpha value is -2.15. The third kappa shape index (κ3) is 2.91. The highest BCUT2D eigenvalue weighted by Gasteiger charge is 2.04. The molecule has 2 rings (SSSR count). The van der Waals surface area contributed by atoms with Crippen molar-refractivity contribution >= 4 is 5.71 Å². The first-order chi connectivity index (χ1) is 8.42. The minimum Gasteiger partial charge on any atom is -0.256 e. The van der Waals surface area contributed by atoms with Crippen LogP contribution in [0.4, 0.5) is 0 Å². The molecule has 0 saturated carbocycles. The van der Waals surface area contributed by atoms with Crippen LogP contribution in [0.1, 0.15) is 18.1 Å². The molecule has 0 spiro atoms.